The molecule has 1 aromatic carbocycles. The Labute approximate surface area is 173 Å². The summed E-state index contributed by atoms with van der Waals surface area (Å²) in [7, 11) is 0. The molecule has 1 amide bonds. The van der Waals surface area contributed by atoms with Crippen molar-refractivity contribution in [3.63, 3.8) is 0 Å². The Bertz CT molecular complexity index is 1120. The molecule has 0 unspecified atom stereocenters. The molecular weight excluding hydrogens is 382 g/mol. The number of benzene rings is 1. The van der Waals surface area contributed by atoms with Crippen LogP contribution in [0.4, 0.5) is 5.69 Å². The van der Waals surface area contributed by atoms with Gasteiger partial charge in [0.2, 0.25) is 17.6 Å². The number of rotatable bonds is 5. The number of hydrogen-bond acceptors (Lipinski definition) is 5. The molecule has 0 atom stereocenters. The molecule has 7 nitrogen and oxygen atoms in total. The zero-order chi connectivity index (χ0) is 21.2. The second kappa shape index (κ2) is 6.72. The minimum atomic E-state index is -0.716. The number of hydrogen-bond donors (Lipinski definition) is 1. The van der Waals surface area contributed by atoms with Gasteiger partial charge in [0, 0.05) is 35.1 Å². The van der Waals surface area contributed by atoms with Crippen molar-refractivity contribution in [2.45, 2.75) is 51.9 Å². The summed E-state index contributed by atoms with van der Waals surface area (Å²) >= 11 is 0. The lowest BCUT2D eigenvalue weighted by atomic mass is 9.89. The van der Waals surface area contributed by atoms with E-state index in [0.717, 1.165) is 25.7 Å². The molecule has 3 aliphatic rings. The van der Waals surface area contributed by atoms with Crippen molar-refractivity contribution >= 4 is 29.1 Å². The minimum absolute atomic E-state index is 0.0340. The third-order valence-corrected chi connectivity index (χ3v) is 5.99. The molecule has 30 heavy (non-hydrogen) atoms. The number of Topliss-reactive ketones (excluding diaryl/α,β-unsaturated/α-hetero) is 2. The lowest BCUT2D eigenvalue weighted by Gasteiger charge is -2.17. The first-order chi connectivity index (χ1) is 14.3. The number of imidazole rings is 1. The molecule has 1 heterocycles. The lowest BCUT2D eigenvalue weighted by molar-refractivity contribution is -0.117. The van der Waals surface area contributed by atoms with Crippen molar-refractivity contribution in [2.75, 3.05) is 5.32 Å². The zero-order valence-electron chi connectivity index (χ0n) is 17.0. The maximum absolute atomic E-state index is 13.0. The van der Waals surface area contributed by atoms with E-state index in [4.69, 9.17) is 0 Å². The molecular formula is C23H23N3O4. The molecule has 5 rings (SSSR count). The normalized spacial score (nSPS) is 17.7. The van der Waals surface area contributed by atoms with Crippen LogP contribution in [0.25, 0.3) is 11.3 Å². The summed E-state index contributed by atoms with van der Waals surface area (Å²) in [5, 5.41) is 2.81. The fraction of sp³-hybridized carbons (Fsp3) is 0.435. The molecule has 1 N–H and O–H groups in total. The van der Waals surface area contributed by atoms with Gasteiger partial charge >= 0.3 is 0 Å². The van der Waals surface area contributed by atoms with Gasteiger partial charge < -0.3 is 5.32 Å². The second-order valence-corrected chi connectivity index (χ2v) is 8.88. The van der Waals surface area contributed by atoms with E-state index in [0.29, 0.717) is 35.1 Å². The molecule has 0 aliphatic heterocycles. The molecule has 154 valence electrons. The predicted octanol–water partition coefficient (Wildman–Crippen LogP) is 3.84. The van der Waals surface area contributed by atoms with Gasteiger partial charge in [-0.25, -0.2) is 4.98 Å². The molecule has 2 aromatic rings. The highest BCUT2D eigenvalue weighted by Crippen LogP contribution is 2.39. The van der Waals surface area contributed by atoms with Crippen molar-refractivity contribution in [3.05, 3.63) is 35.3 Å². The van der Waals surface area contributed by atoms with Gasteiger partial charge in [-0.3, -0.25) is 23.7 Å². The highest BCUT2D eigenvalue weighted by molar-refractivity contribution is 6.52. The number of nitrogens with zero attached hydrogens (tertiary/aromatic N) is 2. The monoisotopic (exact) mass is 405 g/mol. The van der Waals surface area contributed by atoms with Gasteiger partial charge in [0.25, 0.3) is 5.78 Å². The first-order valence-corrected chi connectivity index (χ1v) is 10.5. The Morgan fingerprint density at radius 2 is 1.83 bits per heavy atom. The van der Waals surface area contributed by atoms with Crippen LogP contribution in [0, 0.1) is 11.8 Å². The highest BCUT2D eigenvalue weighted by Gasteiger charge is 2.39. The number of aromatic nitrogens is 2. The Hall–Kier alpha value is -3.09. The van der Waals surface area contributed by atoms with Gasteiger partial charge in [-0.15, -0.1) is 0 Å². The van der Waals surface area contributed by atoms with E-state index in [9.17, 15) is 19.2 Å². The third-order valence-electron chi connectivity index (χ3n) is 5.99. The minimum Gasteiger partial charge on any atom is -0.326 e. The smallest absolute Gasteiger partial charge is 0.252 e. The Morgan fingerprint density at radius 3 is 2.47 bits per heavy atom. The lowest BCUT2D eigenvalue weighted by Crippen LogP contribution is -2.28. The number of carbonyl (C=O) groups is 4. The fourth-order valence-electron chi connectivity index (χ4n) is 3.97. The molecule has 2 fully saturated rings. The van der Waals surface area contributed by atoms with E-state index < -0.39 is 11.6 Å². The van der Waals surface area contributed by atoms with Gasteiger partial charge in [0.05, 0.1) is 0 Å². The van der Waals surface area contributed by atoms with Crippen LogP contribution in [0.3, 0.4) is 0 Å². The van der Waals surface area contributed by atoms with Crippen molar-refractivity contribution in [1.29, 1.82) is 0 Å². The summed E-state index contributed by atoms with van der Waals surface area (Å²) < 4.78 is 1.38. The first kappa shape index (κ1) is 18.9. The van der Waals surface area contributed by atoms with Crippen LogP contribution >= 0.6 is 0 Å². The van der Waals surface area contributed by atoms with Gasteiger partial charge in [-0.2, -0.15) is 0 Å². The number of fused-ring (bicyclic) bond motifs is 3. The highest BCUT2D eigenvalue weighted by atomic mass is 16.2. The van der Waals surface area contributed by atoms with E-state index in [-0.39, 0.29) is 34.9 Å². The summed E-state index contributed by atoms with van der Waals surface area (Å²) in [6, 6.07) is 4.96. The van der Waals surface area contributed by atoms with E-state index in [1.54, 1.807) is 18.2 Å². The molecule has 0 spiro atoms. The maximum Gasteiger partial charge on any atom is 0.252 e. The summed E-state index contributed by atoms with van der Waals surface area (Å²) in [6.45, 7) is 3.83. The molecule has 2 saturated carbocycles. The van der Waals surface area contributed by atoms with Crippen molar-refractivity contribution < 1.29 is 19.2 Å². The SMILES string of the molecule is CC(C)c1nc2c(n1C(=O)CC1CC1)C(=O)C(=O)c1cc(NC(=O)C3CC3)ccc1-2. The third kappa shape index (κ3) is 3.09. The summed E-state index contributed by atoms with van der Waals surface area (Å²) in [5.74, 6) is -0.813. The zero-order valence-corrected chi connectivity index (χ0v) is 17.0. The predicted molar refractivity (Wildman–Crippen MR) is 110 cm³/mol. The number of carbonyl (C=O) groups excluding carboxylic acids is 4. The van der Waals surface area contributed by atoms with Gasteiger partial charge in [0.1, 0.15) is 17.2 Å². The second-order valence-electron chi connectivity index (χ2n) is 8.88. The number of ketones is 2. The summed E-state index contributed by atoms with van der Waals surface area (Å²) in [4.78, 5) is 55.7. The average Bonchev–Trinajstić information content (AvgIpc) is 3.63. The van der Waals surface area contributed by atoms with Crippen LogP contribution < -0.4 is 5.32 Å². The van der Waals surface area contributed by atoms with Crippen LogP contribution in [0.1, 0.15) is 83.3 Å². The van der Waals surface area contributed by atoms with Crippen molar-refractivity contribution in [1.82, 2.24) is 9.55 Å². The van der Waals surface area contributed by atoms with Crippen LogP contribution in [0.2, 0.25) is 0 Å². The number of amides is 1. The number of nitrogens with one attached hydrogen (secondary N) is 1. The maximum atomic E-state index is 13.0. The molecule has 7 heteroatoms. The molecule has 1 aromatic heterocycles. The van der Waals surface area contributed by atoms with Crippen LogP contribution in [-0.4, -0.2) is 32.9 Å². The molecule has 0 bridgehead atoms. The van der Waals surface area contributed by atoms with Gasteiger partial charge in [-0.05, 0) is 49.8 Å². The van der Waals surface area contributed by atoms with E-state index in [1.165, 1.54) is 4.57 Å². The first-order valence-electron chi connectivity index (χ1n) is 10.5. The Morgan fingerprint density at radius 1 is 1.10 bits per heavy atom. The average molecular weight is 405 g/mol. The van der Waals surface area contributed by atoms with Crippen molar-refractivity contribution in [2.24, 2.45) is 11.8 Å². The van der Waals surface area contributed by atoms with E-state index in [2.05, 4.69) is 10.3 Å². The van der Waals surface area contributed by atoms with Gasteiger partial charge in [-0.1, -0.05) is 13.8 Å². The Balaban J connectivity index is 1.60. The fourth-order valence-corrected chi connectivity index (χ4v) is 3.97. The van der Waals surface area contributed by atoms with E-state index in [1.807, 2.05) is 13.8 Å². The van der Waals surface area contributed by atoms with Crippen LogP contribution in [0.15, 0.2) is 18.2 Å². The molecule has 3 aliphatic carbocycles. The summed E-state index contributed by atoms with van der Waals surface area (Å²) in [5.41, 5.74) is 1.69. The Kier molecular flexibility index (Phi) is 4.24. The molecule has 0 saturated heterocycles. The van der Waals surface area contributed by atoms with Crippen LogP contribution in [0.5, 0.6) is 0 Å². The number of anilines is 1. The van der Waals surface area contributed by atoms with E-state index >= 15 is 0 Å². The summed E-state index contributed by atoms with van der Waals surface area (Å²) in [6.07, 6.45) is 4.15. The van der Waals surface area contributed by atoms with Crippen LogP contribution in [-0.2, 0) is 4.79 Å². The van der Waals surface area contributed by atoms with Gasteiger partial charge in [0.15, 0.2) is 0 Å². The quantitative estimate of drug-likeness (QED) is 0.762. The largest absolute Gasteiger partial charge is 0.326 e. The standard InChI is InChI=1S/C23H23N3O4/c1-11(2)22-25-18-15-8-7-14(24-23(30)13-5-6-13)10-16(15)20(28)21(29)19(18)26(22)17(27)9-12-3-4-12/h7-8,10-13H,3-6,9H2,1-2H3,(H,24,30). The van der Waals surface area contributed by atoms with Crippen molar-refractivity contribution in [3.8, 4) is 11.3 Å². The topological polar surface area (TPSA) is 98.1 Å². The molecule has 0 radical (unpaired) electrons.